The molecular formula is C21H32O. The summed E-state index contributed by atoms with van der Waals surface area (Å²) in [5, 5.41) is 0. The maximum atomic E-state index is 5.79. The minimum absolute atomic E-state index is 0.568. The van der Waals surface area contributed by atoms with E-state index in [1.165, 1.54) is 5.56 Å². The van der Waals surface area contributed by atoms with Crippen LogP contribution in [0, 0.1) is 17.8 Å². The highest BCUT2D eigenvalue weighted by atomic mass is 16.5. The molecule has 0 saturated carbocycles. The first-order chi connectivity index (χ1) is 10.6. The number of allylic oxidation sites excluding steroid dienone is 4. The number of ether oxygens (including phenoxy) is 1. The van der Waals surface area contributed by atoms with Crippen LogP contribution in [-0.2, 0) is 11.3 Å². The molecule has 122 valence electrons. The SMILES string of the molecule is CC(C)/C=C/CC(C)/C=C/CC(C)COCc1ccccc1. The molecule has 2 unspecified atom stereocenters. The van der Waals surface area contributed by atoms with Crippen LogP contribution in [0.3, 0.4) is 0 Å². The Bertz CT molecular complexity index is 430. The van der Waals surface area contributed by atoms with Crippen molar-refractivity contribution in [1.29, 1.82) is 0 Å². The van der Waals surface area contributed by atoms with Crippen molar-refractivity contribution in [2.24, 2.45) is 17.8 Å². The molecule has 0 aliphatic rings. The normalized spacial score (nSPS) is 15.0. The molecule has 0 aliphatic heterocycles. The maximum Gasteiger partial charge on any atom is 0.0717 e. The summed E-state index contributed by atoms with van der Waals surface area (Å²) in [5.74, 6) is 1.84. The van der Waals surface area contributed by atoms with Gasteiger partial charge in [0.25, 0.3) is 0 Å². The molecule has 0 radical (unpaired) electrons. The van der Waals surface area contributed by atoms with Crippen LogP contribution in [0.15, 0.2) is 54.6 Å². The van der Waals surface area contributed by atoms with Crippen LogP contribution in [-0.4, -0.2) is 6.61 Å². The van der Waals surface area contributed by atoms with Crippen molar-refractivity contribution >= 4 is 0 Å². The fourth-order valence-corrected chi connectivity index (χ4v) is 2.21. The van der Waals surface area contributed by atoms with Crippen molar-refractivity contribution in [2.45, 2.75) is 47.1 Å². The van der Waals surface area contributed by atoms with Crippen molar-refractivity contribution in [3.8, 4) is 0 Å². The molecular weight excluding hydrogens is 268 g/mol. The van der Waals surface area contributed by atoms with Crippen LogP contribution >= 0.6 is 0 Å². The molecule has 1 rings (SSSR count). The van der Waals surface area contributed by atoms with Crippen LogP contribution in [0.1, 0.15) is 46.1 Å². The molecule has 1 heteroatoms. The average molecular weight is 300 g/mol. The van der Waals surface area contributed by atoms with Gasteiger partial charge in [-0.15, -0.1) is 0 Å². The van der Waals surface area contributed by atoms with Gasteiger partial charge in [-0.05, 0) is 36.2 Å². The predicted octanol–water partition coefficient (Wildman–Crippen LogP) is 6.02. The summed E-state index contributed by atoms with van der Waals surface area (Å²) in [5.41, 5.74) is 1.25. The van der Waals surface area contributed by atoms with Crippen LogP contribution in [0.5, 0.6) is 0 Å². The third kappa shape index (κ3) is 9.57. The van der Waals surface area contributed by atoms with Gasteiger partial charge >= 0.3 is 0 Å². The van der Waals surface area contributed by atoms with E-state index < -0.39 is 0 Å². The third-order valence-corrected chi connectivity index (χ3v) is 3.55. The summed E-state index contributed by atoms with van der Waals surface area (Å²) in [6, 6.07) is 10.4. The van der Waals surface area contributed by atoms with Gasteiger partial charge in [0.1, 0.15) is 0 Å². The number of rotatable bonds is 10. The zero-order chi connectivity index (χ0) is 16.2. The molecule has 0 aromatic heterocycles. The first-order valence-electron chi connectivity index (χ1n) is 8.53. The van der Waals surface area contributed by atoms with E-state index in [-0.39, 0.29) is 0 Å². The molecule has 1 aromatic carbocycles. The van der Waals surface area contributed by atoms with Gasteiger partial charge in [0.2, 0.25) is 0 Å². The van der Waals surface area contributed by atoms with E-state index >= 15 is 0 Å². The Balaban J connectivity index is 2.14. The molecule has 1 nitrogen and oxygen atoms in total. The summed E-state index contributed by atoms with van der Waals surface area (Å²) in [6.45, 7) is 10.5. The molecule has 0 bridgehead atoms. The summed E-state index contributed by atoms with van der Waals surface area (Å²) < 4.78 is 5.79. The first kappa shape index (κ1) is 18.7. The van der Waals surface area contributed by atoms with Crippen molar-refractivity contribution in [3.05, 3.63) is 60.2 Å². The van der Waals surface area contributed by atoms with E-state index in [1.54, 1.807) is 0 Å². The molecule has 1 aromatic rings. The number of hydrogen-bond acceptors (Lipinski definition) is 1. The summed E-state index contributed by atoms with van der Waals surface area (Å²) in [6.07, 6.45) is 11.4. The van der Waals surface area contributed by atoms with Gasteiger partial charge in [0.05, 0.1) is 6.61 Å². The Kier molecular flexibility index (Phi) is 9.57. The molecule has 22 heavy (non-hydrogen) atoms. The highest BCUT2D eigenvalue weighted by molar-refractivity contribution is 5.13. The lowest BCUT2D eigenvalue weighted by Gasteiger charge is -2.10. The second-order valence-electron chi connectivity index (χ2n) is 6.65. The van der Waals surface area contributed by atoms with Gasteiger partial charge in [-0.3, -0.25) is 0 Å². The molecule has 0 aliphatic carbocycles. The Morgan fingerprint density at radius 1 is 0.909 bits per heavy atom. The van der Waals surface area contributed by atoms with Crippen LogP contribution in [0.4, 0.5) is 0 Å². The zero-order valence-corrected chi connectivity index (χ0v) is 14.7. The first-order valence-corrected chi connectivity index (χ1v) is 8.53. The largest absolute Gasteiger partial charge is 0.376 e. The van der Waals surface area contributed by atoms with Crippen molar-refractivity contribution < 1.29 is 4.74 Å². The molecule has 0 N–H and O–H groups in total. The lowest BCUT2D eigenvalue weighted by molar-refractivity contribution is 0.0929. The lowest BCUT2D eigenvalue weighted by atomic mass is 10.0. The second-order valence-corrected chi connectivity index (χ2v) is 6.65. The third-order valence-electron chi connectivity index (χ3n) is 3.55. The Morgan fingerprint density at radius 3 is 2.27 bits per heavy atom. The standard InChI is InChI=1S/C21H32O/c1-18(2)10-8-11-19(3)12-9-13-20(4)16-22-17-21-14-6-5-7-15-21/h5-10,12,14-15,18-20H,11,13,16-17H2,1-4H3/b10-8+,12-9+. The molecule has 0 fully saturated rings. The van der Waals surface area contributed by atoms with Gasteiger partial charge in [0, 0.05) is 6.61 Å². The minimum atomic E-state index is 0.568. The van der Waals surface area contributed by atoms with E-state index in [1.807, 2.05) is 6.07 Å². The van der Waals surface area contributed by atoms with Gasteiger partial charge in [-0.25, -0.2) is 0 Å². The molecule has 2 atom stereocenters. The fourth-order valence-electron chi connectivity index (χ4n) is 2.21. The number of benzene rings is 1. The topological polar surface area (TPSA) is 9.23 Å². The highest BCUT2D eigenvalue weighted by Crippen LogP contribution is 2.11. The monoisotopic (exact) mass is 300 g/mol. The van der Waals surface area contributed by atoms with E-state index in [0.717, 1.165) is 19.4 Å². The predicted molar refractivity (Wildman–Crippen MR) is 96.8 cm³/mol. The van der Waals surface area contributed by atoms with E-state index in [0.29, 0.717) is 24.4 Å². The van der Waals surface area contributed by atoms with Gasteiger partial charge in [-0.1, -0.05) is 82.3 Å². The summed E-state index contributed by atoms with van der Waals surface area (Å²) >= 11 is 0. The number of hydrogen-bond donors (Lipinski definition) is 0. The Hall–Kier alpha value is -1.34. The average Bonchev–Trinajstić information content (AvgIpc) is 2.48. The van der Waals surface area contributed by atoms with Crippen molar-refractivity contribution in [3.63, 3.8) is 0 Å². The van der Waals surface area contributed by atoms with E-state index in [2.05, 4.69) is 76.3 Å². The van der Waals surface area contributed by atoms with Gasteiger partial charge in [-0.2, -0.15) is 0 Å². The van der Waals surface area contributed by atoms with Crippen LogP contribution in [0.2, 0.25) is 0 Å². The molecule has 0 heterocycles. The van der Waals surface area contributed by atoms with Gasteiger partial charge in [0.15, 0.2) is 0 Å². The van der Waals surface area contributed by atoms with Crippen LogP contribution < -0.4 is 0 Å². The Morgan fingerprint density at radius 2 is 1.59 bits per heavy atom. The Labute approximate surface area is 137 Å². The second kappa shape index (κ2) is 11.3. The maximum absolute atomic E-state index is 5.79. The summed E-state index contributed by atoms with van der Waals surface area (Å²) in [4.78, 5) is 0. The lowest BCUT2D eigenvalue weighted by Crippen LogP contribution is -2.05. The summed E-state index contributed by atoms with van der Waals surface area (Å²) in [7, 11) is 0. The van der Waals surface area contributed by atoms with E-state index in [9.17, 15) is 0 Å². The van der Waals surface area contributed by atoms with Crippen molar-refractivity contribution in [1.82, 2.24) is 0 Å². The minimum Gasteiger partial charge on any atom is -0.376 e. The molecule has 0 amide bonds. The molecule has 0 spiro atoms. The highest BCUT2D eigenvalue weighted by Gasteiger charge is 2.01. The zero-order valence-electron chi connectivity index (χ0n) is 14.7. The van der Waals surface area contributed by atoms with Crippen LogP contribution in [0.25, 0.3) is 0 Å². The van der Waals surface area contributed by atoms with Crippen molar-refractivity contribution in [2.75, 3.05) is 6.61 Å². The van der Waals surface area contributed by atoms with Gasteiger partial charge < -0.3 is 4.74 Å². The fraction of sp³-hybridized carbons (Fsp3) is 0.524. The molecule has 0 saturated heterocycles. The quantitative estimate of drug-likeness (QED) is 0.480. The smallest absolute Gasteiger partial charge is 0.0717 e. The van der Waals surface area contributed by atoms with E-state index in [4.69, 9.17) is 4.74 Å².